The van der Waals surface area contributed by atoms with Gasteiger partial charge in [-0.25, -0.2) is 0 Å². The highest BCUT2D eigenvalue weighted by molar-refractivity contribution is 5.76. The lowest BCUT2D eigenvalue weighted by molar-refractivity contribution is -0.122. The van der Waals surface area contributed by atoms with Crippen LogP contribution < -0.4 is 11.1 Å². The summed E-state index contributed by atoms with van der Waals surface area (Å²) >= 11 is 0. The van der Waals surface area contributed by atoms with Crippen molar-refractivity contribution in [3.05, 3.63) is 18.0 Å². The Bertz CT molecular complexity index is 419. The minimum Gasteiger partial charge on any atom is -0.369 e. The number of rotatable bonds is 5. The van der Waals surface area contributed by atoms with Crippen LogP contribution in [-0.2, 0) is 11.3 Å². The van der Waals surface area contributed by atoms with Crippen LogP contribution >= 0.6 is 0 Å². The summed E-state index contributed by atoms with van der Waals surface area (Å²) < 4.78 is 1.97. The third-order valence-electron chi connectivity index (χ3n) is 3.89. The summed E-state index contributed by atoms with van der Waals surface area (Å²) in [5.74, 6) is -0.0627. The lowest BCUT2D eigenvalue weighted by Crippen LogP contribution is -2.36. The molecule has 0 aromatic carbocycles. The van der Waals surface area contributed by atoms with E-state index in [1.807, 2.05) is 10.9 Å². The molecule has 1 heterocycles. The quantitative estimate of drug-likeness (QED) is 0.848. The first-order valence-electron chi connectivity index (χ1n) is 7.13. The molecule has 5 heteroatoms. The normalized spacial score (nSPS) is 23.7. The van der Waals surface area contributed by atoms with Gasteiger partial charge in [0.15, 0.2) is 0 Å². The molecule has 106 valence electrons. The summed E-state index contributed by atoms with van der Waals surface area (Å²) in [4.78, 5) is 11.1. The van der Waals surface area contributed by atoms with E-state index in [2.05, 4.69) is 30.3 Å². The molecular weight excluding hydrogens is 240 g/mol. The summed E-state index contributed by atoms with van der Waals surface area (Å²) in [6.45, 7) is 5.04. The Morgan fingerprint density at radius 3 is 2.68 bits per heavy atom. The van der Waals surface area contributed by atoms with Gasteiger partial charge in [-0.1, -0.05) is 0 Å². The fraction of sp³-hybridized carbons (Fsp3) is 0.714. The third kappa shape index (κ3) is 3.80. The maximum absolute atomic E-state index is 11.1. The number of hydrogen-bond acceptors (Lipinski definition) is 3. The summed E-state index contributed by atoms with van der Waals surface area (Å²) in [6, 6.07) is 2.95. The molecular formula is C14H24N4O. The molecule has 1 saturated carbocycles. The van der Waals surface area contributed by atoms with Crippen molar-refractivity contribution in [2.24, 2.45) is 11.7 Å². The molecule has 1 amide bonds. The van der Waals surface area contributed by atoms with Crippen LogP contribution in [0.5, 0.6) is 0 Å². The van der Waals surface area contributed by atoms with Gasteiger partial charge in [-0.2, -0.15) is 5.10 Å². The van der Waals surface area contributed by atoms with Crippen molar-refractivity contribution >= 4 is 5.91 Å². The maximum atomic E-state index is 11.1. The van der Waals surface area contributed by atoms with Gasteiger partial charge in [0.25, 0.3) is 0 Å². The van der Waals surface area contributed by atoms with E-state index in [0.29, 0.717) is 12.1 Å². The van der Waals surface area contributed by atoms with Crippen LogP contribution in [0.3, 0.4) is 0 Å². The van der Waals surface area contributed by atoms with Crippen LogP contribution in [0.4, 0.5) is 0 Å². The third-order valence-corrected chi connectivity index (χ3v) is 3.89. The van der Waals surface area contributed by atoms with Crippen LogP contribution in [0.15, 0.2) is 12.3 Å². The zero-order chi connectivity index (χ0) is 13.8. The highest BCUT2D eigenvalue weighted by Crippen LogP contribution is 2.24. The predicted molar refractivity (Wildman–Crippen MR) is 74.4 cm³/mol. The number of primary amides is 1. The fourth-order valence-corrected chi connectivity index (χ4v) is 2.59. The van der Waals surface area contributed by atoms with Crippen LogP contribution in [0.1, 0.15) is 51.3 Å². The van der Waals surface area contributed by atoms with Gasteiger partial charge in [0.05, 0.1) is 5.69 Å². The van der Waals surface area contributed by atoms with Gasteiger partial charge in [0, 0.05) is 30.7 Å². The second-order valence-electron chi connectivity index (χ2n) is 5.71. The van der Waals surface area contributed by atoms with Gasteiger partial charge in [-0.05, 0) is 45.6 Å². The molecule has 0 spiro atoms. The van der Waals surface area contributed by atoms with Crippen LogP contribution in [0.25, 0.3) is 0 Å². The van der Waals surface area contributed by atoms with Gasteiger partial charge in [0.2, 0.25) is 5.91 Å². The van der Waals surface area contributed by atoms with Crippen LogP contribution in [-0.4, -0.2) is 21.7 Å². The van der Waals surface area contributed by atoms with Crippen molar-refractivity contribution in [1.29, 1.82) is 0 Å². The van der Waals surface area contributed by atoms with Gasteiger partial charge in [-0.3, -0.25) is 9.48 Å². The Morgan fingerprint density at radius 1 is 1.47 bits per heavy atom. The average molecular weight is 264 g/mol. The van der Waals surface area contributed by atoms with E-state index in [1.165, 1.54) is 0 Å². The van der Waals surface area contributed by atoms with E-state index in [9.17, 15) is 4.79 Å². The molecule has 0 aliphatic heterocycles. The van der Waals surface area contributed by atoms with Gasteiger partial charge in [-0.15, -0.1) is 0 Å². The van der Waals surface area contributed by atoms with E-state index < -0.39 is 0 Å². The number of aromatic nitrogens is 2. The molecule has 1 aromatic rings. The monoisotopic (exact) mass is 264 g/mol. The van der Waals surface area contributed by atoms with Crippen molar-refractivity contribution in [2.45, 2.75) is 58.2 Å². The van der Waals surface area contributed by atoms with Crippen molar-refractivity contribution in [2.75, 3.05) is 0 Å². The minimum atomic E-state index is -0.144. The second kappa shape index (κ2) is 6.19. The summed E-state index contributed by atoms with van der Waals surface area (Å²) in [5.41, 5.74) is 6.41. The van der Waals surface area contributed by atoms with E-state index in [-0.39, 0.29) is 11.8 Å². The largest absolute Gasteiger partial charge is 0.369 e. The van der Waals surface area contributed by atoms with Crippen LogP contribution in [0.2, 0.25) is 0 Å². The molecule has 0 unspecified atom stereocenters. The molecule has 19 heavy (non-hydrogen) atoms. The van der Waals surface area contributed by atoms with E-state index in [4.69, 9.17) is 5.73 Å². The molecule has 0 radical (unpaired) electrons. The Labute approximate surface area is 114 Å². The summed E-state index contributed by atoms with van der Waals surface area (Å²) in [6.07, 6.45) is 5.89. The van der Waals surface area contributed by atoms with Crippen molar-refractivity contribution in [1.82, 2.24) is 15.1 Å². The molecule has 0 bridgehead atoms. The number of carbonyl (C=O) groups is 1. The number of nitrogens with zero attached hydrogens (tertiary/aromatic N) is 2. The SMILES string of the molecule is CC(C)n1ccc(CNC2CCC(C(N)=O)CC2)n1. The Morgan fingerprint density at radius 2 is 2.16 bits per heavy atom. The second-order valence-corrected chi connectivity index (χ2v) is 5.71. The standard InChI is InChI=1S/C14H24N4O/c1-10(2)18-8-7-13(17-18)9-16-12-5-3-11(4-6-12)14(15)19/h7-8,10-12,16H,3-6,9H2,1-2H3,(H2,15,19). The zero-order valence-corrected chi connectivity index (χ0v) is 11.8. The number of nitrogens with one attached hydrogen (secondary N) is 1. The maximum Gasteiger partial charge on any atom is 0.220 e. The Hall–Kier alpha value is -1.36. The number of carbonyl (C=O) groups excluding carboxylic acids is 1. The molecule has 2 rings (SSSR count). The van der Waals surface area contributed by atoms with Crippen LogP contribution in [0, 0.1) is 5.92 Å². The summed E-state index contributed by atoms with van der Waals surface area (Å²) in [5, 5.41) is 8.04. The first kappa shape index (κ1) is 14.1. The van der Waals surface area contributed by atoms with E-state index in [0.717, 1.165) is 37.9 Å². The zero-order valence-electron chi connectivity index (χ0n) is 11.8. The average Bonchev–Trinajstić information content (AvgIpc) is 2.86. The minimum absolute atomic E-state index is 0.0817. The smallest absolute Gasteiger partial charge is 0.220 e. The highest BCUT2D eigenvalue weighted by atomic mass is 16.1. The van der Waals surface area contributed by atoms with Crippen molar-refractivity contribution < 1.29 is 4.79 Å². The molecule has 0 atom stereocenters. The van der Waals surface area contributed by atoms with E-state index in [1.54, 1.807) is 0 Å². The number of hydrogen-bond donors (Lipinski definition) is 2. The molecule has 5 nitrogen and oxygen atoms in total. The Balaban J connectivity index is 1.75. The van der Waals surface area contributed by atoms with Crippen molar-refractivity contribution in [3.63, 3.8) is 0 Å². The first-order valence-corrected chi connectivity index (χ1v) is 7.13. The molecule has 0 saturated heterocycles. The van der Waals surface area contributed by atoms with Gasteiger partial charge >= 0.3 is 0 Å². The highest BCUT2D eigenvalue weighted by Gasteiger charge is 2.24. The first-order chi connectivity index (χ1) is 9.06. The topological polar surface area (TPSA) is 72.9 Å². The Kier molecular flexibility index (Phi) is 4.58. The van der Waals surface area contributed by atoms with E-state index >= 15 is 0 Å². The lowest BCUT2D eigenvalue weighted by atomic mass is 9.85. The fourth-order valence-electron chi connectivity index (χ4n) is 2.59. The van der Waals surface area contributed by atoms with Gasteiger partial charge < -0.3 is 11.1 Å². The predicted octanol–water partition coefficient (Wildman–Crippen LogP) is 1.60. The molecule has 3 N–H and O–H groups in total. The molecule has 1 fully saturated rings. The molecule has 1 aliphatic carbocycles. The molecule has 1 aliphatic rings. The lowest BCUT2D eigenvalue weighted by Gasteiger charge is -2.27. The molecule has 1 aromatic heterocycles. The van der Waals surface area contributed by atoms with Crippen molar-refractivity contribution in [3.8, 4) is 0 Å². The summed E-state index contributed by atoms with van der Waals surface area (Å²) in [7, 11) is 0. The van der Waals surface area contributed by atoms with Gasteiger partial charge in [0.1, 0.15) is 0 Å². The number of amides is 1. The number of nitrogens with two attached hydrogens (primary N) is 1.